The van der Waals surface area contributed by atoms with E-state index in [9.17, 15) is 4.79 Å². The van der Waals surface area contributed by atoms with Gasteiger partial charge in [-0.1, -0.05) is 12.1 Å². The minimum atomic E-state index is -0.163. The number of hydrogen-bond donors (Lipinski definition) is 2. The third-order valence-electron chi connectivity index (χ3n) is 2.23. The third kappa shape index (κ3) is 3.21. The molecule has 0 aromatic carbocycles. The quantitative estimate of drug-likeness (QED) is 0.833. The highest BCUT2D eigenvalue weighted by atomic mass is 35.5. The number of hydrogen-bond acceptors (Lipinski definition) is 4. The molecule has 5 nitrogen and oxygen atoms in total. The van der Waals surface area contributed by atoms with E-state index in [1.165, 1.54) is 0 Å². The summed E-state index contributed by atoms with van der Waals surface area (Å²) in [6.07, 6.45) is 0.678. The van der Waals surface area contributed by atoms with E-state index in [-0.39, 0.29) is 24.4 Å². The SMILES string of the molecule is CCc1noc(C)c1C(=O)N[C@@H](C)CN.Cl. The van der Waals surface area contributed by atoms with Gasteiger partial charge in [-0.25, -0.2) is 0 Å². The molecule has 0 radical (unpaired) electrons. The molecule has 0 saturated carbocycles. The van der Waals surface area contributed by atoms with Crippen LogP contribution in [0, 0.1) is 6.92 Å². The van der Waals surface area contributed by atoms with Crippen molar-refractivity contribution in [1.29, 1.82) is 0 Å². The third-order valence-corrected chi connectivity index (χ3v) is 2.23. The minimum Gasteiger partial charge on any atom is -0.361 e. The van der Waals surface area contributed by atoms with Gasteiger partial charge in [0.1, 0.15) is 11.3 Å². The Morgan fingerprint density at radius 2 is 2.25 bits per heavy atom. The molecule has 1 aromatic rings. The first-order valence-corrected chi connectivity index (χ1v) is 5.06. The fourth-order valence-corrected chi connectivity index (χ4v) is 1.31. The van der Waals surface area contributed by atoms with E-state index in [1.807, 2.05) is 13.8 Å². The first kappa shape index (κ1) is 14.9. The predicted octanol–water partition coefficient (Wildman–Crippen LogP) is 1.04. The van der Waals surface area contributed by atoms with E-state index in [0.717, 1.165) is 0 Å². The molecule has 0 aliphatic rings. The van der Waals surface area contributed by atoms with Gasteiger partial charge in [-0.15, -0.1) is 12.4 Å². The van der Waals surface area contributed by atoms with Crippen LogP contribution in [0.4, 0.5) is 0 Å². The average molecular weight is 248 g/mol. The molecule has 1 rings (SSSR count). The molecular weight excluding hydrogens is 230 g/mol. The van der Waals surface area contributed by atoms with Crippen molar-refractivity contribution in [3.8, 4) is 0 Å². The van der Waals surface area contributed by atoms with Crippen molar-refractivity contribution in [2.75, 3.05) is 6.54 Å². The number of nitrogens with zero attached hydrogens (tertiary/aromatic N) is 1. The van der Waals surface area contributed by atoms with Gasteiger partial charge in [0, 0.05) is 12.6 Å². The molecule has 3 N–H and O–H groups in total. The van der Waals surface area contributed by atoms with E-state index in [1.54, 1.807) is 6.92 Å². The van der Waals surface area contributed by atoms with E-state index in [2.05, 4.69) is 10.5 Å². The van der Waals surface area contributed by atoms with Gasteiger partial charge in [0.2, 0.25) is 0 Å². The van der Waals surface area contributed by atoms with Gasteiger partial charge in [-0.05, 0) is 20.3 Å². The smallest absolute Gasteiger partial charge is 0.257 e. The number of amides is 1. The molecule has 16 heavy (non-hydrogen) atoms. The molecule has 0 bridgehead atoms. The number of carbonyl (C=O) groups excluding carboxylic acids is 1. The molecule has 1 atom stereocenters. The monoisotopic (exact) mass is 247 g/mol. The van der Waals surface area contributed by atoms with Crippen LogP contribution in [0.3, 0.4) is 0 Å². The lowest BCUT2D eigenvalue weighted by Crippen LogP contribution is -2.38. The summed E-state index contributed by atoms with van der Waals surface area (Å²) in [5.74, 6) is 0.386. The molecule has 1 heterocycles. The normalized spacial score (nSPS) is 11.8. The van der Waals surface area contributed by atoms with Crippen molar-refractivity contribution in [3.05, 3.63) is 17.0 Å². The summed E-state index contributed by atoms with van der Waals surface area (Å²) in [4.78, 5) is 11.8. The number of aryl methyl sites for hydroxylation is 2. The second-order valence-corrected chi connectivity index (χ2v) is 3.52. The summed E-state index contributed by atoms with van der Waals surface area (Å²) < 4.78 is 4.98. The zero-order valence-corrected chi connectivity index (χ0v) is 10.6. The molecule has 0 spiro atoms. The van der Waals surface area contributed by atoms with Crippen molar-refractivity contribution in [3.63, 3.8) is 0 Å². The minimum absolute atomic E-state index is 0. The number of nitrogens with one attached hydrogen (secondary N) is 1. The van der Waals surface area contributed by atoms with Crippen molar-refractivity contribution in [2.45, 2.75) is 33.2 Å². The number of halogens is 1. The van der Waals surface area contributed by atoms with Gasteiger partial charge in [-0.2, -0.15) is 0 Å². The zero-order chi connectivity index (χ0) is 11.4. The molecule has 1 amide bonds. The number of carbonyl (C=O) groups is 1. The Hall–Kier alpha value is -1.07. The van der Waals surface area contributed by atoms with Gasteiger partial charge in [0.25, 0.3) is 5.91 Å². The standard InChI is InChI=1S/C10H17N3O2.ClH/c1-4-8-9(7(3)15-13-8)10(14)12-6(2)5-11;/h6H,4-5,11H2,1-3H3,(H,12,14);1H/t6-;/m0./s1. The Bertz CT molecular complexity index is 352. The maximum atomic E-state index is 11.8. The molecule has 0 fully saturated rings. The summed E-state index contributed by atoms with van der Waals surface area (Å²) in [5.41, 5.74) is 6.66. The number of nitrogens with two attached hydrogens (primary N) is 1. The highest BCUT2D eigenvalue weighted by molar-refractivity contribution is 5.96. The largest absolute Gasteiger partial charge is 0.361 e. The highest BCUT2D eigenvalue weighted by Gasteiger charge is 2.19. The molecular formula is C10H18ClN3O2. The summed E-state index contributed by atoms with van der Waals surface area (Å²) in [6.45, 7) is 5.93. The lowest BCUT2D eigenvalue weighted by atomic mass is 10.1. The molecule has 6 heteroatoms. The van der Waals surface area contributed by atoms with Gasteiger partial charge in [0.15, 0.2) is 0 Å². The fraction of sp³-hybridized carbons (Fsp3) is 0.600. The Morgan fingerprint density at radius 1 is 1.62 bits per heavy atom. The Kier molecular flexibility index (Phi) is 6.06. The van der Waals surface area contributed by atoms with Crippen LogP contribution in [-0.4, -0.2) is 23.7 Å². The summed E-state index contributed by atoms with van der Waals surface area (Å²) in [7, 11) is 0. The van der Waals surface area contributed by atoms with E-state index >= 15 is 0 Å². The maximum Gasteiger partial charge on any atom is 0.257 e. The van der Waals surface area contributed by atoms with Crippen LogP contribution in [0.15, 0.2) is 4.52 Å². The highest BCUT2D eigenvalue weighted by Crippen LogP contribution is 2.13. The van der Waals surface area contributed by atoms with Crippen LogP contribution >= 0.6 is 12.4 Å². The van der Waals surface area contributed by atoms with Crippen LogP contribution in [0.1, 0.15) is 35.7 Å². The van der Waals surface area contributed by atoms with Gasteiger partial charge >= 0.3 is 0 Å². The summed E-state index contributed by atoms with van der Waals surface area (Å²) in [6, 6.07) is -0.0449. The predicted molar refractivity (Wildman–Crippen MR) is 63.8 cm³/mol. The lowest BCUT2D eigenvalue weighted by Gasteiger charge is -2.10. The average Bonchev–Trinajstić information content (AvgIpc) is 2.59. The van der Waals surface area contributed by atoms with Crippen LogP contribution in [-0.2, 0) is 6.42 Å². The van der Waals surface area contributed by atoms with Crippen LogP contribution in [0.25, 0.3) is 0 Å². The van der Waals surface area contributed by atoms with Crippen LogP contribution in [0.5, 0.6) is 0 Å². The molecule has 0 aliphatic carbocycles. The first-order chi connectivity index (χ1) is 7.10. The Morgan fingerprint density at radius 3 is 2.75 bits per heavy atom. The van der Waals surface area contributed by atoms with Crippen molar-refractivity contribution < 1.29 is 9.32 Å². The Labute approximate surface area is 101 Å². The summed E-state index contributed by atoms with van der Waals surface area (Å²) >= 11 is 0. The molecule has 92 valence electrons. The van der Waals surface area contributed by atoms with Gasteiger partial charge in [-0.3, -0.25) is 4.79 Å². The van der Waals surface area contributed by atoms with Crippen LogP contribution in [0.2, 0.25) is 0 Å². The maximum absolute atomic E-state index is 11.8. The van der Waals surface area contributed by atoms with Crippen molar-refractivity contribution in [2.24, 2.45) is 5.73 Å². The van der Waals surface area contributed by atoms with E-state index in [4.69, 9.17) is 10.3 Å². The molecule has 1 aromatic heterocycles. The van der Waals surface area contributed by atoms with E-state index < -0.39 is 0 Å². The zero-order valence-electron chi connectivity index (χ0n) is 9.74. The number of aromatic nitrogens is 1. The number of rotatable bonds is 4. The topological polar surface area (TPSA) is 81.2 Å². The second kappa shape index (κ2) is 6.50. The van der Waals surface area contributed by atoms with Crippen molar-refractivity contribution >= 4 is 18.3 Å². The van der Waals surface area contributed by atoms with Crippen molar-refractivity contribution in [1.82, 2.24) is 10.5 Å². The Balaban J connectivity index is 0.00000225. The fourth-order valence-electron chi connectivity index (χ4n) is 1.31. The molecule has 0 unspecified atom stereocenters. The van der Waals surface area contributed by atoms with E-state index in [0.29, 0.717) is 30.0 Å². The lowest BCUT2D eigenvalue weighted by molar-refractivity contribution is 0.0939. The van der Waals surface area contributed by atoms with Gasteiger partial charge in [0.05, 0.1) is 5.69 Å². The first-order valence-electron chi connectivity index (χ1n) is 5.06. The van der Waals surface area contributed by atoms with Crippen LogP contribution < -0.4 is 11.1 Å². The summed E-state index contributed by atoms with van der Waals surface area (Å²) in [5, 5.41) is 6.60. The molecule has 0 aliphatic heterocycles. The second-order valence-electron chi connectivity index (χ2n) is 3.52. The molecule has 0 saturated heterocycles. The van der Waals surface area contributed by atoms with Gasteiger partial charge < -0.3 is 15.6 Å².